The molecule has 0 saturated heterocycles. The molecular weight excluding hydrogens is 246 g/mol. The first-order valence-corrected chi connectivity index (χ1v) is 6.03. The van der Waals surface area contributed by atoms with E-state index in [9.17, 15) is 5.26 Å². The number of aromatic nitrogens is 3. The Kier molecular flexibility index (Phi) is 2.39. The lowest BCUT2D eigenvalue weighted by Crippen LogP contribution is -1.99. The molecule has 3 aromatic heterocycles. The Balaban J connectivity index is 2.39. The smallest absolute Gasteiger partial charge is 0.146 e. The number of rotatable bonds is 1. The van der Waals surface area contributed by atoms with Gasteiger partial charge in [-0.3, -0.25) is 4.98 Å². The molecule has 0 aliphatic heterocycles. The maximum Gasteiger partial charge on any atom is 0.146 e. The molecule has 0 atom stereocenters. The number of fused-ring (bicyclic) bond motifs is 1. The minimum Gasteiger partial charge on any atom is -0.396 e. The standard InChI is InChI=1S/C12H7N5S/c13-5-7-9(14)11-12(18-6-16-11)17-10(7)8-3-1-2-4-15-8/h1-4,6H,(H2,14,17). The van der Waals surface area contributed by atoms with Crippen molar-refractivity contribution in [3.05, 3.63) is 35.5 Å². The van der Waals surface area contributed by atoms with Crippen LogP contribution in [0.15, 0.2) is 29.9 Å². The summed E-state index contributed by atoms with van der Waals surface area (Å²) in [6.07, 6.45) is 1.66. The second-order valence-corrected chi connectivity index (χ2v) is 4.42. The molecule has 5 nitrogen and oxygen atoms in total. The summed E-state index contributed by atoms with van der Waals surface area (Å²) in [4.78, 5) is 13.5. The van der Waals surface area contributed by atoms with E-state index >= 15 is 0 Å². The lowest BCUT2D eigenvalue weighted by molar-refractivity contribution is 1.27. The van der Waals surface area contributed by atoms with Crippen LogP contribution in [0.3, 0.4) is 0 Å². The first-order valence-electron chi connectivity index (χ1n) is 5.15. The zero-order valence-electron chi connectivity index (χ0n) is 9.16. The van der Waals surface area contributed by atoms with Gasteiger partial charge in [0.25, 0.3) is 0 Å². The van der Waals surface area contributed by atoms with E-state index in [1.165, 1.54) is 11.3 Å². The summed E-state index contributed by atoms with van der Waals surface area (Å²) < 4.78 is 0. The molecule has 0 aliphatic carbocycles. The molecule has 86 valence electrons. The van der Waals surface area contributed by atoms with Gasteiger partial charge in [0, 0.05) is 6.20 Å². The minimum atomic E-state index is 0.326. The van der Waals surface area contributed by atoms with E-state index < -0.39 is 0 Å². The van der Waals surface area contributed by atoms with Gasteiger partial charge in [-0.05, 0) is 12.1 Å². The van der Waals surface area contributed by atoms with Gasteiger partial charge in [0.15, 0.2) is 0 Å². The Morgan fingerprint density at radius 2 is 2.17 bits per heavy atom. The van der Waals surface area contributed by atoms with Crippen LogP contribution in [-0.2, 0) is 0 Å². The van der Waals surface area contributed by atoms with Gasteiger partial charge in [0.1, 0.15) is 27.7 Å². The molecule has 3 rings (SSSR count). The molecule has 0 aliphatic rings. The fourth-order valence-corrected chi connectivity index (χ4v) is 2.39. The lowest BCUT2D eigenvalue weighted by atomic mass is 10.1. The van der Waals surface area contributed by atoms with Crippen LogP contribution < -0.4 is 5.73 Å². The quantitative estimate of drug-likeness (QED) is 0.718. The van der Waals surface area contributed by atoms with E-state index in [1.54, 1.807) is 17.8 Å². The van der Waals surface area contributed by atoms with Gasteiger partial charge >= 0.3 is 0 Å². The highest BCUT2D eigenvalue weighted by Crippen LogP contribution is 2.31. The lowest BCUT2D eigenvalue weighted by Gasteiger charge is -2.05. The zero-order chi connectivity index (χ0) is 12.5. The fourth-order valence-electron chi connectivity index (χ4n) is 1.71. The van der Waals surface area contributed by atoms with Gasteiger partial charge in [-0.1, -0.05) is 6.07 Å². The van der Waals surface area contributed by atoms with Crippen molar-refractivity contribution in [2.75, 3.05) is 5.73 Å². The van der Waals surface area contributed by atoms with Crippen LogP contribution in [0.4, 0.5) is 5.69 Å². The summed E-state index contributed by atoms with van der Waals surface area (Å²) >= 11 is 1.39. The van der Waals surface area contributed by atoms with E-state index in [0.29, 0.717) is 33.0 Å². The maximum absolute atomic E-state index is 9.24. The SMILES string of the molecule is N#Cc1c(-c2ccccn2)nc2scnc2c1N. The van der Waals surface area contributed by atoms with Crippen molar-refractivity contribution in [3.63, 3.8) is 0 Å². The Morgan fingerprint density at radius 3 is 2.89 bits per heavy atom. The average Bonchev–Trinajstić information content (AvgIpc) is 2.88. The predicted molar refractivity (Wildman–Crippen MR) is 69.8 cm³/mol. The van der Waals surface area contributed by atoms with Crippen LogP contribution in [0.5, 0.6) is 0 Å². The van der Waals surface area contributed by atoms with Crippen LogP contribution >= 0.6 is 11.3 Å². The number of nitrogens with zero attached hydrogens (tertiary/aromatic N) is 4. The molecule has 6 heteroatoms. The third-order valence-electron chi connectivity index (χ3n) is 2.54. The van der Waals surface area contributed by atoms with Crippen molar-refractivity contribution >= 4 is 27.4 Å². The molecule has 0 amide bonds. The van der Waals surface area contributed by atoms with Crippen LogP contribution in [0.1, 0.15) is 5.56 Å². The van der Waals surface area contributed by atoms with Gasteiger partial charge in [0.05, 0.1) is 16.9 Å². The number of anilines is 1. The first-order chi connectivity index (χ1) is 8.81. The second-order valence-electron chi connectivity index (χ2n) is 3.58. The van der Waals surface area contributed by atoms with Crippen molar-refractivity contribution in [1.82, 2.24) is 15.0 Å². The van der Waals surface area contributed by atoms with Crippen molar-refractivity contribution in [1.29, 1.82) is 5.26 Å². The number of nitriles is 1. The van der Waals surface area contributed by atoms with E-state index in [1.807, 2.05) is 12.1 Å². The summed E-state index contributed by atoms with van der Waals surface area (Å²) in [6.45, 7) is 0. The van der Waals surface area contributed by atoms with Crippen molar-refractivity contribution in [2.24, 2.45) is 0 Å². The highest BCUT2D eigenvalue weighted by atomic mass is 32.1. The fraction of sp³-hybridized carbons (Fsp3) is 0. The van der Waals surface area contributed by atoms with E-state index in [0.717, 1.165) is 0 Å². The molecule has 2 N–H and O–H groups in total. The monoisotopic (exact) mass is 253 g/mol. The summed E-state index contributed by atoms with van der Waals surface area (Å²) in [7, 11) is 0. The third kappa shape index (κ3) is 1.49. The highest BCUT2D eigenvalue weighted by molar-refractivity contribution is 7.16. The molecule has 0 spiro atoms. The molecule has 0 unspecified atom stereocenters. The Morgan fingerprint density at radius 1 is 1.28 bits per heavy atom. The van der Waals surface area contributed by atoms with Crippen molar-refractivity contribution in [3.8, 4) is 17.5 Å². The Labute approximate surface area is 107 Å². The van der Waals surface area contributed by atoms with Crippen LogP contribution in [0, 0.1) is 11.3 Å². The topological polar surface area (TPSA) is 88.5 Å². The molecule has 0 aromatic carbocycles. The molecule has 0 bridgehead atoms. The normalized spacial score (nSPS) is 10.4. The molecule has 18 heavy (non-hydrogen) atoms. The molecule has 0 fully saturated rings. The maximum atomic E-state index is 9.24. The minimum absolute atomic E-state index is 0.326. The van der Waals surface area contributed by atoms with Crippen LogP contribution in [0.25, 0.3) is 21.7 Å². The largest absolute Gasteiger partial charge is 0.396 e. The van der Waals surface area contributed by atoms with Gasteiger partial charge in [0.2, 0.25) is 0 Å². The average molecular weight is 253 g/mol. The van der Waals surface area contributed by atoms with E-state index in [2.05, 4.69) is 21.0 Å². The molecule has 0 radical (unpaired) electrons. The Hall–Kier alpha value is -2.52. The highest BCUT2D eigenvalue weighted by Gasteiger charge is 2.16. The summed E-state index contributed by atoms with van der Waals surface area (Å²) in [5.41, 5.74) is 10.0. The van der Waals surface area contributed by atoms with Crippen molar-refractivity contribution in [2.45, 2.75) is 0 Å². The number of hydrogen-bond acceptors (Lipinski definition) is 6. The van der Waals surface area contributed by atoms with Crippen molar-refractivity contribution < 1.29 is 0 Å². The third-order valence-corrected chi connectivity index (χ3v) is 3.26. The number of hydrogen-bond donors (Lipinski definition) is 1. The zero-order valence-corrected chi connectivity index (χ0v) is 9.98. The van der Waals surface area contributed by atoms with Gasteiger partial charge in [-0.25, -0.2) is 9.97 Å². The number of nitrogen functional groups attached to an aromatic ring is 1. The molecular formula is C12H7N5S. The van der Waals surface area contributed by atoms with Crippen LogP contribution in [0.2, 0.25) is 0 Å². The Bertz CT molecular complexity index is 757. The first kappa shape index (κ1) is 10.6. The molecule has 3 heterocycles. The van der Waals surface area contributed by atoms with Gasteiger partial charge in [-0.15, -0.1) is 11.3 Å². The molecule has 3 aromatic rings. The van der Waals surface area contributed by atoms with Gasteiger partial charge < -0.3 is 5.73 Å². The number of thiazole rings is 1. The molecule has 0 saturated carbocycles. The van der Waals surface area contributed by atoms with Gasteiger partial charge in [-0.2, -0.15) is 5.26 Å². The van der Waals surface area contributed by atoms with Crippen LogP contribution in [-0.4, -0.2) is 15.0 Å². The summed E-state index contributed by atoms with van der Waals surface area (Å²) in [6, 6.07) is 7.54. The number of nitrogens with two attached hydrogens (primary N) is 1. The summed E-state index contributed by atoms with van der Waals surface area (Å²) in [5, 5.41) is 9.24. The van der Waals surface area contributed by atoms with E-state index in [4.69, 9.17) is 5.73 Å². The predicted octanol–water partition coefficient (Wildman–Crippen LogP) is 2.21. The number of pyridine rings is 2. The second kappa shape index (κ2) is 4.05. The summed E-state index contributed by atoms with van der Waals surface area (Å²) in [5.74, 6) is 0. The van der Waals surface area contributed by atoms with E-state index in [-0.39, 0.29) is 0 Å².